The van der Waals surface area contributed by atoms with Crippen molar-refractivity contribution in [2.24, 2.45) is 10.9 Å². The summed E-state index contributed by atoms with van der Waals surface area (Å²) >= 11 is 0. The number of guanidine groups is 1. The maximum absolute atomic E-state index is 5.28. The molecule has 1 aromatic carbocycles. The third-order valence-electron chi connectivity index (χ3n) is 4.04. The Labute approximate surface area is 139 Å². The Bertz CT molecular complexity index is 505. The third-order valence-corrected chi connectivity index (χ3v) is 4.04. The molecule has 0 aliphatic carbocycles. The van der Waals surface area contributed by atoms with Crippen molar-refractivity contribution in [3.8, 4) is 0 Å². The second-order valence-corrected chi connectivity index (χ2v) is 5.98. The predicted molar refractivity (Wildman–Crippen MR) is 93.5 cm³/mol. The molecule has 2 rings (SSSR count). The highest BCUT2D eigenvalue weighted by molar-refractivity contribution is 5.80. The van der Waals surface area contributed by atoms with Gasteiger partial charge in [-0.25, -0.2) is 4.99 Å². The molecule has 1 heterocycles. The number of nitrogens with zero attached hydrogens (tertiary/aromatic N) is 2. The normalized spacial score (nSPS) is 18.5. The average molecular weight is 319 g/mol. The molecule has 23 heavy (non-hydrogen) atoms. The van der Waals surface area contributed by atoms with Gasteiger partial charge >= 0.3 is 0 Å². The van der Waals surface area contributed by atoms with Crippen LogP contribution < -0.4 is 5.32 Å². The predicted octanol–water partition coefficient (Wildman–Crippen LogP) is 2.27. The molecule has 1 atom stereocenters. The van der Waals surface area contributed by atoms with E-state index in [1.54, 1.807) is 14.2 Å². The fourth-order valence-electron chi connectivity index (χ4n) is 2.97. The maximum atomic E-state index is 5.28. The first-order chi connectivity index (χ1) is 11.3. The summed E-state index contributed by atoms with van der Waals surface area (Å²) in [6.07, 6.45) is 1.17. The third kappa shape index (κ3) is 5.52. The van der Waals surface area contributed by atoms with Crippen molar-refractivity contribution in [3.05, 3.63) is 35.4 Å². The number of hydrogen-bond acceptors (Lipinski definition) is 3. The van der Waals surface area contributed by atoms with Crippen molar-refractivity contribution in [1.82, 2.24) is 10.2 Å². The monoisotopic (exact) mass is 319 g/mol. The van der Waals surface area contributed by atoms with Gasteiger partial charge in [0.2, 0.25) is 0 Å². The van der Waals surface area contributed by atoms with Gasteiger partial charge in [-0.3, -0.25) is 0 Å². The Kier molecular flexibility index (Phi) is 7.36. The van der Waals surface area contributed by atoms with Gasteiger partial charge in [0.1, 0.15) is 0 Å². The summed E-state index contributed by atoms with van der Waals surface area (Å²) in [7, 11) is 3.49. The summed E-state index contributed by atoms with van der Waals surface area (Å²) < 4.78 is 10.5. The van der Waals surface area contributed by atoms with Crippen LogP contribution in [0.25, 0.3) is 0 Å². The van der Waals surface area contributed by atoms with Crippen molar-refractivity contribution in [2.75, 3.05) is 40.5 Å². The standard InChI is InChI=1S/C18H29N3O2/c1-4-19-18(21-9-8-17(12-21)14-23-3)20-11-15-6-5-7-16(10-15)13-22-2/h5-7,10,17H,4,8-9,11-14H2,1-3H3,(H,19,20). The van der Waals surface area contributed by atoms with E-state index in [0.29, 0.717) is 19.1 Å². The van der Waals surface area contributed by atoms with Crippen molar-refractivity contribution in [2.45, 2.75) is 26.5 Å². The summed E-state index contributed by atoms with van der Waals surface area (Å²) in [5.74, 6) is 1.61. The second kappa shape index (κ2) is 9.53. The zero-order chi connectivity index (χ0) is 16.5. The van der Waals surface area contributed by atoms with Crippen molar-refractivity contribution >= 4 is 5.96 Å². The molecule has 1 saturated heterocycles. The topological polar surface area (TPSA) is 46.1 Å². The number of hydrogen-bond donors (Lipinski definition) is 1. The average Bonchev–Trinajstić information content (AvgIpc) is 3.01. The molecule has 5 nitrogen and oxygen atoms in total. The molecule has 1 aromatic rings. The zero-order valence-electron chi connectivity index (χ0n) is 14.5. The van der Waals surface area contributed by atoms with E-state index >= 15 is 0 Å². The summed E-state index contributed by atoms with van der Waals surface area (Å²) in [5, 5.41) is 3.41. The van der Waals surface area contributed by atoms with Crippen LogP contribution in [0.5, 0.6) is 0 Å². The lowest BCUT2D eigenvalue weighted by molar-refractivity contribution is 0.157. The van der Waals surface area contributed by atoms with Crippen LogP contribution in [-0.4, -0.2) is 51.3 Å². The minimum absolute atomic E-state index is 0.605. The Morgan fingerprint density at radius 1 is 1.30 bits per heavy atom. The fourth-order valence-corrected chi connectivity index (χ4v) is 2.97. The van der Waals surface area contributed by atoms with Crippen LogP contribution in [0.2, 0.25) is 0 Å². The molecule has 1 aliphatic rings. The highest BCUT2D eigenvalue weighted by Crippen LogP contribution is 2.17. The highest BCUT2D eigenvalue weighted by atomic mass is 16.5. The number of methoxy groups -OCH3 is 2. The second-order valence-electron chi connectivity index (χ2n) is 5.98. The van der Waals surface area contributed by atoms with Crippen LogP contribution >= 0.6 is 0 Å². The Balaban J connectivity index is 2.00. The highest BCUT2D eigenvalue weighted by Gasteiger charge is 2.24. The molecular weight excluding hydrogens is 290 g/mol. The molecule has 0 bridgehead atoms. The number of benzene rings is 1. The lowest BCUT2D eigenvalue weighted by atomic mass is 10.1. The molecular formula is C18H29N3O2. The number of ether oxygens (including phenoxy) is 2. The summed E-state index contributed by atoms with van der Waals surface area (Å²) in [4.78, 5) is 7.15. The smallest absolute Gasteiger partial charge is 0.194 e. The number of aliphatic imine (C=N–C) groups is 1. The molecule has 0 aromatic heterocycles. The van der Waals surface area contributed by atoms with Gasteiger partial charge in [0.25, 0.3) is 0 Å². The van der Waals surface area contributed by atoms with Crippen LogP contribution in [0.4, 0.5) is 0 Å². The molecule has 0 radical (unpaired) electrons. The van der Waals surface area contributed by atoms with Gasteiger partial charge in [-0.15, -0.1) is 0 Å². The Morgan fingerprint density at radius 3 is 2.87 bits per heavy atom. The van der Waals surface area contributed by atoms with Crippen LogP contribution in [0, 0.1) is 5.92 Å². The van der Waals surface area contributed by atoms with Crippen LogP contribution in [0.3, 0.4) is 0 Å². The molecule has 1 fully saturated rings. The maximum Gasteiger partial charge on any atom is 0.194 e. The zero-order valence-corrected chi connectivity index (χ0v) is 14.5. The van der Waals surface area contributed by atoms with E-state index in [0.717, 1.165) is 32.2 Å². The summed E-state index contributed by atoms with van der Waals surface area (Å²) in [6, 6.07) is 8.42. The van der Waals surface area contributed by atoms with Gasteiger partial charge < -0.3 is 19.7 Å². The van der Waals surface area contributed by atoms with E-state index in [2.05, 4.69) is 41.4 Å². The molecule has 1 N–H and O–H groups in total. The van der Waals surface area contributed by atoms with Gasteiger partial charge in [-0.05, 0) is 24.5 Å². The van der Waals surface area contributed by atoms with Gasteiger partial charge in [0.05, 0.1) is 19.8 Å². The molecule has 0 saturated carbocycles. The minimum Gasteiger partial charge on any atom is -0.384 e. The van der Waals surface area contributed by atoms with E-state index in [1.807, 2.05) is 0 Å². The Morgan fingerprint density at radius 2 is 2.13 bits per heavy atom. The fraction of sp³-hybridized carbons (Fsp3) is 0.611. The van der Waals surface area contributed by atoms with Crippen LogP contribution in [0.15, 0.2) is 29.3 Å². The first-order valence-corrected chi connectivity index (χ1v) is 8.35. The number of likely N-dealkylation sites (tertiary alicyclic amines) is 1. The molecule has 0 spiro atoms. The lowest BCUT2D eigenvalue weighted by Crippen LogP contribution is -2.40. The van der Waals surface area contributed by atoms with Crippen LogP contribution in [-0.2, 0) is 22.6 Å². The van der Waals surface area contributed by atoms with Crippen LogP contribution in [0.1, 0.15) is 24.5 Å². The summed E-state index contributed by atoms with van der Waals surface area (Å²) in [5.41, 5.74) is 2.40. The van der Waals surface area contributed by atoms with Crippen molar-refractivity contribution in [1.29, 1.82) is 0 Å². The molecule has 1 aliphatic heterocycles. The lowest BCUT2D eigenvalue weighted by Gasteiger charge is -2.21. The van der Waals surface area contributed by atoms with E-state index in [1.165, 1.54) is 17.5 Å². The first-order valence-electron chi connectivity index (χ1n) is 8.35. The van der Waals surface area contributed by atoms with Crippen molar-refractivity contribution < 1.29 is 9.47 Å². The molecule has 1 unspecified atom stereocenters. The largest absolute Gasteiger partial charge is 0.384 e. The quantitative estimate of drug-likeness (QED) is 0.618. The van der Waals surface area contributed by atoms with E-state index in [4.69, 9.17) is 14.5 Å². The first kappa shape index (κ1) is 17.8. The van der Waals surface area contributed by atoms with Gasteiger partial charge in [-0.1, -0.05) is 24.3 Å². The van der Waals surface area contributed by atoms with Gasteiger partial charge in [-0.2, -0.15) is 0 Å². The minimum atomic E-state index is 0.605. The molecule has 128 valence electrons. The van der Waals surface area contributed by atoms with E-state index < -0.39 is 0 Å². The number of rotatable bonds is 7. The van der Waals surface area contributed by atoms with Gasteiger partial charge in [0.15, 0.2) is 5.96 Å². The molecule has 0 amide bonds. The SMILES string of the molecule is CCNC(=NCc1cccc(COC)c1)N1CCC(COC)C1. The van der Waals surface area contributed by atoms with Gasteiger partial charge in [0, 0.05) is 39.8 Å². The summed E-state index contributed by atoms with van der Waals surface area (Å²) in [6.45, 7) is 7.21. The molecule has 5 heteroatoms. The van der Waals surface area contributed by atoms with E-state index in [9.17, 15) is 0 Å². The number of nitrogens with one attached hydrogen (secondary N) is 1. The Hall–Kier alpha value is -1.59. The van der Waals surface area contributed by atoms with Crippen molar-refractivity contribution in [3.63, 3.8) is 0 Å². The van der Waals surface area contributed by atoms with E-state index in [-0.39, 0.29) is 0 Å².